The molecule has 9 heteroatoms. The molecule has 1 aromatic carbocycles. The average Bonchev–Trinajstić information content (AvgIpc) is 2.92. The van der Waals surface area contributed by atoms with Crippen molar-refractivity contribution in [2.45, 2.75) is 6.92 Å². The molecule has 2 N–H and O–H groups in total. The molecule has 0 unspecified atom stereocenters. The first-order chi connectivity index (χ1) is 14.5. The van der Waals surface area contributed by atoms with Gasteiger partial charge in [0.05, 0.1) is 18.5 Å². The zero-order valence-electron chi connectivity index (χ0n) is 16.6. The molecule has 1 aliphatic heterocycles. The molecule has 3 heterocycles. The topological polar surface area (TPSA) is 92.3 Å². The second kappa shape index (κ2) is 8.54. The van der Waals surface area contributed by atoms with Crippen molar-refractivity contribution in [2.24, 2.45) is 5.92 Å². The standard InChI is InChI=1S/C21H21ClN6O2/c1-13-10-23-17-7-6-16(14-4-3-5-15(22)8-14)26-20(17)28(11-13)21(29)27-18-9-19(30-2)25-12-24-18/h3-9,12-13,23H,10-11H2,1-2H3,(H,24,25,27,29)/t13-/m1/s1. The fourth-order valence-corrected chi connectivity index (χ4v) is 3.41. The van der Waals surface area contributed by atoms with Crippen molar-refractivity contribution in [3.05, 3.63) is 53.8 Å². The molecular weight excluding hydrogens is 404 g/mol. The normalized spacial score (nSPS) is 15.6. The summed E-state index contributed by atoms with van der Waals surface area (Å²) in [4.78, 5) is 27.6. The number of ether oxygens (including phenoxy) is 1. The highest BCUT2D eigenvalue weighted by atomic mass is 35.5. The predicted molar refractivity (Wildman–Crippen MR) is 117 cm³/mol. The van der Waals surface area contributed by atoms with Crippen LogP contribution < -0.4 is 20.3 Å². The lowest BCUT2D eigenvalue weighted by Crippen LogP contribution is -2.38. The van der Waals surface area contributed by atoms with Crippen molar-refractivity contribution in [1.82, 2.24) is 15.0 Å². The first-order valence-electron chi connectivity index (χ1n) is 9.49. The Morgan fingerprint density at radius 2 is 2.13 bits per heavy atom. The molecule has 0 saturated heterocycles. The predicted octanol–water partition coefficient (Wildman–Crippen LogP) is 4.30. The number of nitrogens with one attached hydrogen (secondary N) is 2. The summed E-state index contributed by atoms with van der Waals surface area (Å²) in [5.74, 6) is 1.49. The number of methoxy groups -OCH3 is 1. The van der Waals surface area contributed by atoms with Crippen LogP contribution in [0.5, 0.6) is 5.88 Å². The summed E-state index contributed by atoms with van der Waals surface area (Å²) < 4.78 is 5.10. The highest BCUT2D eigenvalue weighted by Gasteiger charge is 2.26. The van der Waals surface area contributed by atoms with Crippen molar-refractivity contribution >= 4 is 35.0 Å². The van der Waals surface area contributed by atoms with E-state index in [0.717, 1.165) is 23.5 Å². The zero-order chi connectivity index (χ0) is 21.1. The Hall–Kier alpha value is -3.39. The van der Waals surface area contributed by atoms with Gasteiger partial charge in [0.25, 0.3) is 0 Å². The summed E-state index contributed by atoms with van der Waals surface area (Å²) in [5, 5.41) is 6.82. The van der Waals surface area contributed by atoms with Gasteiger partial charge in [0, 0.05) is 29.7 Å². The van der Waals surface area contributed by atoms with Gasteiger partial charge in [-0.15, -0.1) is 0 Å². The maximum Gasteiger partial charge on any atom is 0.328 e. The van der Waals surface area contributed by atoms with Gasteiger partial charge in [-0.1, -0.05) is 30.7 Å². The smallest absolute Gasteiger partial charge is 0.328 e. The summed E-state index contributed by atoms with van der Waals surface area (Å²) >= 11 is 6.14. The molecule has 1 atom stereocenters. The van der Waals surface area contributed by atoms with Gasteiger partial charge in [0.2, 0.25) is 5.88 Å². The lowest BCUT2D eigenvalue weighted by molar-refractivity contribution is 0.256. The Morgan fingerprint density at radius 1 is 1.27 bits per heavy atom. The van der Waals surface area contributed by atoms with Crippen LogP contribution >= 0.6 is 11.6 Å². The van der Waals surface area contributed by atoms with Gasteiger partial charge in [0.15, 0.2) is 5.82 Å². The molecule has 3 aromatic rings. The van der Waals surface area contributed by atoms with Gasteiger partial charge in [-0.05, 0) is 30.2 Å². The van der Waals surface area contributed by atoms with Crippen molar-refractivity contribution in [1.29, 1.82) is 0 Å². The molecule has 0 saturated carbocycles. The number of anilines is 3. The van der Waals surface area contributed by atoms with Crippen LogP contribution in [0, 0.1) is 5.92 Å². The van der Waals surface area contributed by atoms with E-state index in [1.54, 1.807) is 11.0 Å². The van der Waals surface area contributed by atoms with Crippen LogP contribution in [0.25, 0.3) is 11.3 Å². The summed E-state index contributed by atoms with van der Waals surface area (Å²) in [7, 11) is 1.51. The van der Waals surface area contributed by atoms with Crippen LogP contribution in [0.2, 0.25) is 5.02 Å². The number of carbonyl (C=O) groups is 1. The number of hydrogen-bond donors (Lipinski definition) is 2. The Morgan fingerprint density at radius 3 is 2.93 bits per heavy atom. The number of rotatable bonds is 3. The largest absolute Gasteiger partial charge is 0.481 e. The fourth-order valence-electron chi connectivity index (χ4n) is 3.22. The van der Waals surface area contributed by atoms with E-state index in [2.05, 4.69) is 27.5 Å². The van der Waals surface area contributed by atoms with Gasteiger partial charge in [-0.2, -0.15) is 0 Å². The number of nitrogens with zero attached hydrogens (tertiary/aromatic N) is 4. The highest BCUT2D eigenvalue weighted by Crippen LogP contribution is 2.32. The number of fused-ring (bicyclic) bond motifs is 1. The van der Waals surface area contributed by atoms with E-state index in [9.17, 15) is 4.79 Å². The molecule has 30 heavy (non-hydrogen) atoms. The molecular formula is C21H21ClN6O2. The minimum absolute atomic E-state index is 0.222. The molecule has 0 fully saturated rings. The van der Waals surface area contributed by atoms with E-state index in [0.29, 0.717) is 29.1 Å². The van der Waals surface area contributed by atoms with Gasteiger partial charge in [-0.3, -0.25) is 10.2 Å². The minimum Gasteiger partial charge on any atom is -0.481 e. The Balaban J connectivity index is 1.69. The van der Waals surface area contributed by atoms with Gasteiger partial charge < -0.3 is 10.1 Å². The number of urea groups is 1. The summed E-state index contributed by atoms with van der Waals surface area (Å²) in [6.07, 6.45) is 1.34. The third kappa shape index (κ3) is 4.28. The number of pyridine rings is 1. The molecule has 2 amide bonds. The first-order valence-corrected chi connectivity index (χ1v) is 9.86. The summed E-state index contributed by atoms with van der Waals surface area (Å²) in [5.41, 5.74) is 2.40. The Kier molecular flexibility index (Phi) is 5.67. The van der Waals surface area contributed by atoms with Crippen LogP contribution in [0.3, 0.4) is 0 Å². The molecule has 0 spiro atoms. The SMILES string of the molecule is COc1cc(NC(=O)N2C[C@H](C)CNc3ccc(-c4cccc(Cl)c4)nc32)ncn1. The van der Waals surface area contributed by atoms with Crippen molar-refractivity contribution in [2.75, 3.05) is 35.7 Å². The molecule has 8 nitrogen and oxygen atoms in total. The van der Waals surface area contributed by atoms with E-state index >= 15 is 0 Å². The third-order valence-corrected chi connectivity index (χ3v) is 4.95. The highest BCUT2D eigenvalue weighted by molar-refractivity contribution is 6.30. The van der Waals surface area contributed by atoms with Crippen LogP contribution in [-0.2, 0) is 0 Å². The molecule has 0 bridgehead atoms. The van der Waals surface area contributed by atoms with Gasteiger partial charge in [-0.25, -0.2) is 19.7 Å². The first kappa shape index (κ1) is 19.9. The van der Waals surface area contributed by atoms with Crippen molar-refractivity contribution < 1.29 is 9.53 Å². The van der Waals surface area contributed by atoms with Crippen molar-refractivity contribution in [3.8, 4) is 17.1 Å². The van der Waals surface area contributed by atoms with E-state index in [-0.39, 0.29) is 11.9 Å². The van der Waals surface area contributed by atoms with Crippen LogP contribution in [-0.4, -0.2) is 41.2 Å². The quantitative estimate of drug-likeness (QED) is 0.651. The van der Waals surface area contributed by atoms with Crippen molar-refractivity contribution in [3.63, 3.8) is 0 Å². The van der Waals surface area contributed by atoms with E-state index < -0.39 is 0 Å². The van der Waals surface area contributed by atoms with E-state index in [4.69, 9.17) is 21.3 Å². The van der Waals surface area contributed by atoms with Crippen LogP contribution in [0.1, 0.15) is 6.92 Å². The number of amides is 2. The fraction of sp³-hybridized carbons (Fsp3) is 0.238. The Labute approximate surface area is 179 Å². The molecule has 2 aromatic heterocycles. The summed E-state index contributed by atoms with van der Waals surface area (Å²) in [6.45, 7) is 3.31. The van der Waals surface area contributed by atoms with Gasteiger partial charge >= 0.3 is 6.03 Å². The average molecular weight is 425 g/mol. The number of halogens is 1. The molecule has 0 radical (unpaired) electrons. The lowest BCUT2D eigenvalue weighted by Gasteiger charge is -2.23. The maximum absolute atomic E-state index is 13.2. The number of aromatic nitrogens is 3. The molecule has 1 aliphatic rings. The molecule has 154 valence electrons. The monoisotopic (exact) mass is 424 g/mol. The number of carbonyl (C=O) groups excluding carboxylic acids is 1. The maximum atomic E-state index is 13.2. The zero-order valence-corrected chi connectivity index (χ0v) is 17.3. The van der Waals surface area contributed by atoms with E-state index in [1.807, 2.05) is 36.4 Å². The second-order valence-electron chi connectivity index (χ2n) is 7.05. The summed E-state index contributed by atoms with van der Waals surface area (Å²) in [6, 6.07) is 12.6. The third-order valence-electron chi connectivity index (χ3n) is 4.72. The second-order valence-corrected chi connectivity index (χ2v) is 7.49. The van der Waals surface area contributed by atoms with E-state index in [1.165, 1.54) is 13.4 Å². The molecule has 4 rings (SSSR count). The number of hydrogen-bond acceptors (Lipinski definition) is 6. The van der Waals surface area contributed by atoms with Crippen LogP contribution in [0.4, 0.5) is 22.1 Å². The minimum atomic E-state index is -0.330. The lowest BCUT2D eigenvalue weighted by atomic mass is 10.1. The molecule has 0 aliphatic carbocycles. The number of benzene rings is 1. The van der Waals surface area contributed by atoms with Gasteiger partial charge in [0.1, 0.15) is 12.1 Å². The Bertz CT molecular complexity index is 1080. The van der Waals surface area contributed by atoms with Crippen LogP contribution in [0.15, 0.2) is 48.8 Å².